The smallest absolute Gasteiger partial charge is 0.332 e. The molecule has 0 spiro atoms. The van der Waals surface area contributed by atoms with Crippen LogP contribution in [0, 0.1) is 0 Å². The zero-order valence-corrected chi connectivity index (χ0v) is 8.93. The Kier molecular flexibility index (Phi) is 5.69. The minimum atomic E-state index is -1.45. The average Bonchev–Trinajstić information content (AvgIpc) is 2.21. The summed E-state index contributed by atoms with van der Waals surface area (Å²) >= 11 is 0. The maximum absolute atomic E-state index is 11.2. The van der Waals surface area contributed by atoms with Crippen LogP contribution in [0.3, 0.4) is 0 Å². The van der Waals surface area contributed by atoms with E-state index in [9.17, 15) is 19.2 Å². The molecular weight excluding hydrogens is 216 g/mol. The van der Waals surface area contributed by atoms with E-state index in [2.05, 4.69) is 4.74 Å². The highest BCUT2D eigenvalue weighted by atomic mass is 16.5. The highest BCUT2D eigenvalue weighted by molar-refractivity contribution is 6.06. The molecule has 88 valence electrons. The maximum Gasteiger partial charge on any atom is 0.332 e. The van der Waals surface area contributed by atoms with Gasteiger partial charge in [0.05, 0.1) is 0 Å². The predicted octanol–water partition coefficient (Wildman–Crippen LogP) is 0.107. The van der Waals surface area contributed by atoms with Crippen LogP contribution < -0.4 is 0 Å². The van der Waals surface area contributed by atoms with Gasteiger partial charge < -0.3 is 9.84 Å². The number of hydrogen-bond acceptors (Lipinski definition) is 5. The van der Waals surface area contributed by atoms with Crippen LogP contribution in [-0.2, 0) is 23.9 Å². The number of ether oxygens (including phenoxy) is 1. The lowest BCUT2D eigenvalue weighted by Crippen LogP contribution is -2.32. The Hall–Kier alpha value is -1.98. The number of carbonyl (C=O) groups excluding carboxylic acids is 3. The second-order valence-electron chi connectivity index (χ2n) is 2.92. The monoisotopic (exact) mass is 228 g/mol. The first-order valence-corrected chi connectivity index (χ1v) is 4.53. The molecule has 0 heterocycles. The fourth-order valence-corrected chi connectivity index (χ4v) is 0.856. The lowest BCUT2D eigenvalue weighted by Gasteiger charge is -2.11. The first-order valence-electron chi connectivity index (χ1n) is 4.53. The molecule has 0 saturated heterocycles. The Morgan fingerprint density at radius 1 is 1.25 bits per heavy atom. The fraction of sp³-hybridized carbons (Fsp3) is 0.400. The Morgan fingerprint density at radius 2 is 1.81 bits per heavy atom. The number of carboxylic acid groups (broad SMARTS) is 1. The third-order valence-corrected chi connectivity index (χ3v) is 1.61. The van der Waals surface area contributed by atoms with Gasteiger partial charge in [0, 0.05) is 18.6 Å². The molecule has 1 unspecified atom stereocenters. The first-order chi connectivity index (χ1) is 7.38. The summed E-state index contributed by atoms with van der Waals surface area (Å²) < 4.78 is 4.53. The summed E-state index contributed by atoms with van der Waals surface area (Å²) in [5.74, 6) is -3.48. The minimum Gasteiger partial charge on any atom is -0.478 e. The van der Waals surface area contributed by atoms with Crippen LogP contribution in [0.15, 0.2) is 12.2 Å². The second-order valence-corrected chi connectivity index (χ2v) is 2.92. The Labute approximate surface area is 91.9 Å². The van der Waals surface area contributed by atoms with Crippen molar-refractivity contribution in [2.75, 3.05) is 0 Å². The molecule has 0 radical (unpaired) electrons. The number of carboxylic acids is 1. The highest BCUT2D eigenvalue weighted by Crippen LogP contribution is 2.01. The zero-order valence-electron chi connectivity index (χ0n) is 8.93. The van der Waals surface area contributed by atoms with Gasteiger partial charge in [-0.1, -0.05) is 6.92 Å². The Bertz CT molecular complexity index is 341. The van der Waals surface area contributed by atoms with Crippen molar-refractivity contribution in [1.29, 1.82) is 0 Å². The van der Waals surface area contributed by atoms with Crippen LogP contribution in [0.25, 0.3) is 0 Å². The van der Waals surface area contributed by atoms with Gasteiger partial charge in [-0.3, -0.25) is 9.59 Å². The molecule has 0 aromatic carbocycles. The van der Waals surface area contributed by atoms with E-state index in [0.717, 1.165) is 6.92 Å². The van der Waals surface area contributed by atoms with Crippen molar-refractivity contribution in [2.24, 2.45) is 0 Å². The van der Waals surface area contributed by atoms with E-state index in [1.54, 1.807) is 0 Å². The lowest BCUT2D eigenvalue weighted by atomic mass is 10.1. The third-order valence-electron chi connectivity index (χ3n) is 1.61. The number of Topliss-reactive ketones (excluding diaryl/α,β-unsaturated/α-hetero) is 2. The third kappa shape index (κ3) is 5.04. The molecule has 6 nitrogen and oxygen atoms in total. The first kappa shape index (κ1) is 14.0. The number of ketones is 2. The summed E-state index contributed by atoms with van der Waals surface area (Å²) in [6.45, 7) is 2.64. The van der Waals surface area contributed by atoms with Gasteiger partial charge in [-0.15, -0.1) is 0 Å². The number of esters is 1. The van der Waals surface area contributed by atoms with Crippen molar-refractivity contribution in [2.45, 2.75) is 26.4 Å². The van der Waals surface area contributed by atoms with E-state index in [0.29, 0.717) is 12.2 Å². The number of rotatable bonds is 6. The van der Waals surface area contributed by atoms with E-state index in [1.807, 2.05) is 0 Å². The molecule has 0 aromatic rings. The van der Waals surface area contributed by atoms with Crippen LogP contribution in [0.5, 0.6) is 0 Å². The Balaban J connectivity index is 4.53. The largest absolute Gasteiger partial charge is 0.478 e. The summed E-state index contributed by atoms with van der Waals surface area (Å²) in [4.78, 5) is 43.3. The summed E-state index contributed by atoms with van der Waals surface area (Å²) in [5, 5.41) is 8.23. The van der Waals surface area contributed by atoms with Crippen molar-refractivity contribution in [3.8, 4) is 0 Å². The van der Waals surface area contributed by atoms with Crippen molar-refractivity contribution in [3.63, 3.8) is 0 Å². The van der Waals surface area contributed by atoms with Crippen LogP contribution in [0.1, 0.15) is 20.3 Å². The van der Waals surface area contributed by atoms with Gasteiger partial charge in [0.1, 0.15) is 0 Å². The zero-order chi connectivity index (χ0) is 12.7. The molecule has 6 heteroatoms. The van der Waals surface area contributed by atoms with Crippen molar-refractivity contribution in [3.05, 3.63) is 12.2 Å². The van der Waals surface area contributed by atoms with Crippen LogP contribution in [0.4, 0.5) is 0 Å². The molecule has 16 heavy (non-hydrogen) atoms. The van der Waals surface area contributed by atoms with Crippen molar-refractivity contribution in [1.82, 2.24) is 0 Å². The molecule has 0 fully saturated rings. The SMILES string of the molecule is CCC(=O)C(OC(=O)C=CC(=O)O)C(C)=O. The van der Waals surface area contributed by atoms with Crippen LogP contribution >= 0.6 is 0 Å². The second kappa shape index (κ2) is 6.49. The quantitative estimate of drug-likeness (QED) is 0.393. The van der Waals surface area contributed by atoms with Crippen LogP contribution in [-0.4, -0.2) is 34.7 Å². The van der Waals surface area contributed by atoms with Crippen molar-refractivity contribution < 1.29 is 29.0 Å². The van der Waals surface area contributed by atoms with Gasteiger partial charge in [0.15, 0.2) is 11.6 Å². The van der Waals surface area contributed by atoms with Crippen molar-refractivity contribution >= 4 is 23.5 Å². The van der Waals surface area contributed by atoms with E-state index >= 15 is 0 Å². The van der Waals surface area contributed by atoms with E-state index in [4.69, 9.17) is 5.11 Å². The van der Waals surface area contributed by atoms with Gasteiger partial charge in [-0.2, -0.15) is 0 Å². The molecule has 1 atom stereocenters. The molecule has 1 N–H and O–H groups in total. The molecule has 0 bridgehead atoms. The van der Waals surface area contributed by atoms with Gasteiger partial charge in [-0.05, 0) is 6.92 Å². The minimum absolute atomic E-state index is 0.0557. The van der Waals surface area contributed by atoms with Gasteiger partial charge in [0.25, 0.3) is 0 Å². The number of carbonyl (C=O) groups is 4. The van der Waals surface area contributed by atoms with E-state index in [1.165, 1.54) is 6.92 Å². The molecular formula is C10H12O6. The van der Waals surface area contributed by atoms with Gasteiger partial charge in [0.2, 0.25) is 6.10 Å². The van der Waals surface area contributed by atoms with E-state index in [-0.39, 0.29) is 6.42 Å². The lowest BCUT2D eigenvalue weighted by molar-refractivity contribution is -0.155. The number of aliphatic carboxylic acids is 1. The topological polar surface area (TPSA) is 97.7 Å². The fourth-order valence-electron chi connectivity index (χ4n) is 0.856. The number of hydrogen-bond donors (Lipinski definition) is 1. The molecule has 0 amide bonds. The molecule has 0 aliphatic heterocycles. The van der Waals surface area contributed by atoms with Gasteiger partial charge in [-0.25, -0.2) is 9.59 Å². The highest BCUT2D eigenvalue weighted by Gasteiger charge is 2.24. The molecule has 0 aliphatic rings. The maximum atomic E-state index is 11.2. The molecule has 0 aromatic heterocycles. The Morgan fingerprint density at radius 3 is 2.19 bits per heavy atom. The summed E-state index contributed by atoms with van der Waals surface area (Å²) in [6.07, 6.45) is -0.187. The molecule has 0 aliphatic carbocycles. The normalized spacial score (nSPS) is 12.1. The molecule has 0 saturated carbocycles. The predicted molar refractivity (Wildman–Crippen MR) is 52.6 cm³/mol. The standard InChI is InChI=1S/C10H12O6/c1-3-7(12)10(6(2)11)16-9(15)5-4-8(13)14/h4-5,10H,3H2,1-2H3,(H,13,14). The molecule has 0 rings (SSSR count). The summed E-state index contributed by atoms with van der Waals surface area (Å²) in [7, 11) is 0. The average molecular weight is 228 g/mol. The summed E-state index contributed by atoms with van der Waals surface area (Å²) in [5.41, 5.74) is 0. The van der Waals surface area contributed by atoms with Gasteiger partial charge >= 0.3 is 11.9 Å². The van der Waals surface area contributed by atoms with E-state index < -0.39 is 29.6 Å². The summed E-state index contributed by atoms with van der Waals surface area (Å²) in [6, 6.07) is 0. The van der Waals surface area contributed by atoms with Crippen LogP contribution in [0.2, 0.25) is 0 Å².